The van der Waals surface area contributed by atoms with Crippen LogP contribution in [0.15, 0.2) is 35.0 Å². The molecule has 1 aromatic rings. The molecule has 0 saturated carbocycles. The zero-order valence-electron chi connectivity index (χ0n) is 9.14. The summed E-state index contributed by atoms with van der Waals surface area (Å²) >= 11 is 0. The fourth-order valence-electron chi connectivity index (χ4n) is 1.47. The quantitative estimate of drug-likeness (QED) is 0.725. The predicted molar refractivity (Wildman–Crippen MR) is 62.0 cm³/mol. The Morgan fingerprint density at radius 1 is 1.38 bits per heavy atom. The number of hydrogen-bond donors (Lipinski definition) is 1. The van der Waals surface area contributed by atoms with Crippen LogP contribution < -0.4 is 0 Å². The minimum Gasteiger partial charge on any atom is -0.507 e. The molecule has 0 bridgehead atoms. The highest BCUT2D eigenvalue weighted by Crippen LogP contribution is 2.22. The fourth-order valence-corrected chi connectivity index (χ4v) is 1.47. The number of phenols is 1. The zero-order chi connectivity index (χ0) is 11.7. The maximum absolute atomic E-state index is 11.7. The Balaban J connectivity index is 2.41. The van der Waals surface area contributed by atoms with E-state index in [1.54, 1.807) is 44.3 Å². The summed E-state index contributed by atoms with van der Waals surface area (Å²) < 4.78 is 0. The van der Waals surface area contributed by atoms with Crippen LogP contribution in [0.5, 0.6) is 5.75 Å². The molecule has 0 aromatic heterocycles. The van der Waals surface area contributed by atoms with E-state index in [0.29, 0.717) is 17.1 Å². The van der Waals surface area contributed by atoms with Crippen LogP contribution in [0.2, 0.25) is 0 Å². The standard InChI is InChI=1S/C12H12N2O2/c1-8-13-10(12(16)14(8)2)7-9-5-3-4-6-11(9)15/h3-7,15H,1-2H3. The van der Waals surface area contributed by atoms with Crippen molar-refractivity contribution in [3.05, 3.63) is 35.5 Å². The van der Waals surface area contributed by atoms with Crippen LogP contribution in [0.4, 0.5) is 0 Å². The van der Waals surface area contributed by atoms with Gasteiger partial charge in [0, 0.05) is 12.6 Å². The van der Waals surface area contributed by atoms with Gasteiger partial charge in [0.05, 0.1) is 0 Å². The first-order chi connectivity index (χ1) is 7.59. The van der Waals surface area contributed by atoms with Gasteiger partial charge in [-0.25, -0.2) is 4.99 Å². The summed E-state index contributed by atoms with van der Waals surface area (Å²) in [6.07, 6.45) is 1.59. The van der Waals surface area contributed by atoms with Crippen LogP contribution in [0, 0.1) is 0 Å². The third-order valence-corrected chi connectivity index (χ3v) is 2.52. The lowest BCUT2D eigenvalue weighted by atomic mass is 10.1. The van der Waals surface area contributed by atoms with Crippen molar-refractivity contribution in [3.8, 4) is 5.75 Å². The summed E-state index contributed by atoms with van der Waals surface area (Å²) in [6.45, 7) is 1.77. The maximum Gasteiger partial charge on any atom is 0.277 e. The second kappa shape index (κ2) is 3.81. The second-order valence-corrected chi connectivity index (χ2v) is 3.61. The van der Waals surface area contributed by atoms with Crippen molar-refractivity contribution < 1.29 is 9.90 Å². The van der Waals surface area contributed by atoms with E-state index in [4.69, 9.17) is 0 Å². The SMILES string of the molecule is CC1=NC(=Cc2ccccc2O)C(=O)N1C. The van der Waals surface area contributed by atoms with Crippen LogP contribution in [-0.2, 0) is 4.79 Å². The van der Waals surface area contributed by atoms with Crippen molar-refractivity contribution in [2.45, 2.75) is 6.92 Å². The number of phenolic OH excluding ortho intramolecular Hbond substituents is 1. The third-order valence-electron chi connectivity index (χ3n) is 2.52. The molecule has 1 heterocycles. The Bertz CT molecular complexity index is 503. The molecular weight excluding hydrogens is 204 g/mol. The van der Waals surface area contributed by atoms with Crippen molar-refractivity contribution in [2.75, 3.05) is 7.05 Å². The molecule has 0 spiro atoms. The van der Waals surface area contributed by atoms with Crippen LogP contribution in [-0.4, -0.2) is 28.8 Å². The number of aromatic hydroxyl groups is 1. The van der Waals surface area contributed by atoms with Gasteiger partial charge in [-0.2, -0.15) is 0 Å². The van der Waals surface area contributed by atoms with Crippen molar-refractivity contribution in [3.63, 3.8) is 0 Å². The maximum atomic E-state index is 11.7. The average Bonchev–Trinajstić information content (AvgIpc) is 2.50. The molecule has 2 rings (SSSR count). The monoisotopic (exact) mass is 216 g/mol. The fraction of sp³-hybridized carbons (Fsp3) is 0.167. The topological polar surface area (TPSA) is 52.9 Å². The lowest BCUT2D eigenvalue weighted by Gasteiger charge is -2.06. The summed E-state index contributed by atoms with van der Waals surface area (Å²) in [6, 6.07) is 6.84. The highest BCUT2D eigenvalue weighted by Gasteiger charge is 2.23. The average molecular weight is 216 g/mol. The highest BCUT2D eigenvalue weighted by atomic mass is 16.3. The van der Waals surface area contributed by atoms with Gasteiger partial charge in [-0.05, 0) is 19.1 Å². The van der Waals surface area contributed by atoms with E-state index in [9.17, 15) is 9.90 Å². The number of carbonyl (C=O) groups excluding carboxylic acids is 1. The molecule has 0 fully saturated rings. The number of rotatable bonds is 1. The molecule has 0 atom stereocenters. The van der Waals surface area contributed by atoms with Crippen LogP contribution in [0.1, 0.15) is 12.5 Å². The van der Waals surface area contributed by atoms with Gasteiger partial charge in [0.1, 0.15) is 17.3 Å². The number of amidine groups is 1. The molecule has 82 valence electrons. The summed E-state index contributed by atoms with van der Waals surface area (Å²) in [4.78, 5) is 17.3. The van der Waals surface area contributed by atoms with Gasteiger partial charge in [0.25, 0.3) is 5.91 Å². The number of likely N-dealkylation sites (N-methyl/N-ethyl adjacent to an activating group) is 1. The number of nitrogens with zero attached hydrogens (tertiary/aromatic N) is 2. The first-order valence-electron chi connectivity index (χ1n) is 4.92. The van der Waals surface area contributed by atoms with E-state index < -0.39 is 0 Å². The molecule has 1 amide bonds. The molecule has 1 N–H and O–H groups in total. The van der Waals surface area contributed by atoms with E-state index in [1.165, 1.54) is 4.90 Å². The summed E-state index contributed by atoms with van der Waals surface area (Å²) in [5.74, 6) is 0.651. The van der Waals surface area contributed by atoms with Crippen molar-refractivity contribution in [2.24, 2.45) is 4.99 Å². The lowest BCUT2D eigenvalue weighted by Crippen LogP contribution is -2.25. The van der Waals surface area contributed by atoms with Gasteiger partial charge in [0.15, 0.2) is 0 Å². The van der Waals surface area contributed by atoms with E-state index in [1.807, 2.05) is 0 Å². The summed E-state index contributed by atoms with van der Waals surface area (Å²) in [7, 11) is 1.67. The van der Waals surface area contributed by atoms with Gasteiger partial charge in [-0.3, -0.25) is 9.69 Å². The van der Waals surface area contributed by atoms with Crippen LogP contribution in [0.3, 0.4) is 0 Å². The lowest BCUT2D eigenvalue weighted by molar-refractivity contribution is -0.121. The zero-order valence-corrected chi connectivity index (χ0v) is 9.14. The number of carbonyl (C=O) groups is 1. The Kier molecular flexibility index (Phi) is 2.48. The molecular formula is C12H12N2O2. The molecule has 0 radical (unpaired) electrons. The van der Waals surface area contributed by atoms with E-state index in [2.05, 4.69) is 4.99 Å². The Morgan fingerprint density at radius 3 is 2.62 bits per heavy atom. The first-order valence-corrected chi connectivity index (χ1v) is 4.92. The Labute approximate surface area is 93.5 Å². The molecule has 0 unspecified atom stereocenters. The van der Waals surface area contributed by atoms with Crippen molar-refractivity contribution in [1.82, 2.24) is 4.90 Å². The van der Waals surface area contributed by atoms with Crippen molar-refractivity contribution >= 4 is 17.8 Å². The number of benzene rings is 1. The minimum absolute atomic E-state index is 0.144. The molecule has 16 heavy (non-hydrogen) atoms. The van der Waals surface area contributed by atoms with Crippen LogP contribution in [0.25, 0.3) is 6.08 Å². The predicted octanol–water partition coefficient (Wildman–Crippen LogP) is 1.62. The van der Waals surface area contributed by atoms with Gasteiger partial charge in [-0.15, -0.1) is 0 Å². The number of amides is 1. The van der Waals surface area contributed by atoms with Crippen molar-refractivity contribution in [1.29, 1.82) is 0 Å². The van der Waals surface area contributed by atoms with Gasteiger partial charge >= 0.3 is 0 Å². The number of para-hydroxylation sites is 1. The molecule has 1 aliphatic rings. The van der Waals surface area contributed by atoms with Gasteiger partial charge in [-0.1, -0.05) is 18.2 Å². The summed E-state index contributed by atoms with van der Waals surface area (Å²) in [5.41, 5.74) is 0.944. The van der Waals surface area contributed by atoms with E-state index >= 15 is 0 Å². The first kappa shape index (κ1) is 10.4. The summed E-state index contributed by atoms with van der Waals surface area (Å²) in [5, 5.41) is 9.57. The highest BCUT2D eigenvalue weighted by molar-refractivity contribution is 6.13. The second-order valence-electron chi connectivity index (χ2n) is 3.61. The molecule has 4 nitrogen and oxygen atoms in total. The molecule has 0 saturated heterocycles. The molecule has 1 aliphatic heterocycles. The number of hydrogen-bond acceptors (Lipinski definition) is 3. The largest absolute Gasteiger partial charge is 0.507 e. The number of aliphatic imine (C=N–C) groups is 1. The smallest absolute Gasteiger partial charge is 0.277 e. The minimum atomic E-state index is -0.152. The van der Waals surface area contributed by atoms with Gasteiger partial charge in [0.2, 0.25) is 0 Å². The third kappa shape index (κ3) is 1.69. The normalized spacial score (nSPS) is 18.1. The van der Waals surface area contributed by atoms with E-state index in [0.717, 1.165) is 0 Å². The Morgan fingerprint density at radius 2 is 2.06 bits per heavy atom. The van der Waals surface area contributed by atoms with Crippen LogP contribution >= 0.6 is 0 Å². The molecule has 0 aliphatic carbocycles. The Hall–Kier alpha value is -2.10. The molecule has 1 aromatic carbocycles. The molecule has 4 heteroatoms. The van der Waals surface area contributed by atoms with Gasteiger partial charge < -0.3 is 5.11 Å². The van der Waals surface area contributed by atoms with E-state index in [-0.39, 0.29) is 11.7 Å².